The van der Waals surface area contributed by atoms with E-state index in [-0.39, 0.29) is 17.8 Å². The molecule has 1 aromatic rings. The lowest BCUT2D eigenvalue weighted by molar-refractivity contribution is -0.126. The predicted molar refractivity (Wildman–Crippen MR) is 108 cm³/mol. The molecule has 1 aromatic carbocycles. The average molecular weight is 390 g/mol. The first-order valence-corrected chi connectivity index (χ1v) is 9.73. The third-order valence-electron chi connectivity index (χ3n) is 4.76. The zero-order chi connectivity index (χ0) is 20.9. The number of benzene rings is 1. The van der Waals surface area contributed by atoms with E-state index in [0.717, 1.165) is 12.8 Å². The summed E-state index contributed by atoms with van der Waals surface area (Å²) in [5.74, 6) is -0.126. The molecule has 0 unspecified atom stereocenters. The van der Waals surface area contributed by atoms with Gasteiger partial charge in [0.1, 0.15) is 11.4 Å². The number of nitrogens with zero attached hydrogens (tertiary/aromatic N) is 2. The van der Waals surface area contributed by atoms with E-state index in [1.165, 1.54) is 6.07 Å². The highest BCUT2D eigenvalue weighted by Gasteiger charge is 2.28. The number of likely N-dealkylation sites (N-methyl/N-ethyl adjacent to an activating group) is 1. The second-order valence-corrected chi connectivity index (χ2v) is 8.45. The van der Waals surface area contributed by atoms with Crippen LogP contribution in [0.15, 0.2) is 29.8 Å². The number of carbonyl (C=O) groups excluding carboxylic acids is 2. The summed E-state index contributed by atoms with van der Waals surface area (Å²) in [7, 11) is 1.77. The second-order valence-electron chi connectivity index (χ2n) is 8.45. The minimum Gasteiger partial charge on any atom is -0.444 e. The molecule has 0 radical (unpaired) electrons. The number of ether oxygens (including phenoxy) is 1. The summed E-state index contributed by atoms with van der Waals surface area (Å²) in [6, 6.07) is 6.40. The number of amides is 2. The van der Waals surface area contributed by atoms with Crippen LogP contribution in [0.25, 0.3) is 6.08 Å². The van der Waals surface area contributed by atoms with Gasteiger partial charge in [-0.15, -0.1) is 0 Å². The van der Waals surface area contributed by atoms with Crippen molar-refractivity contribution in [2.24, 2.45) is 5.92 Å². The Labute approximate surface area is 167 Å². The molecule has 0 spiro atoms. The zero-order valence-corrected chi connectivity index (χ0v) is 17.5. The third kappa shape index (κ3) is 6.36. The lowest BCUT2D eigenvalue weighted by atomic mass is 9.96. The van der Waals surface area contributed by atoms with Crippen LogP contribution in [-0.2, 0) is 9.53 Å². The zero-order valence-electron chi connectivity index (χ0n) is 17.5. The van der Waals surface area contributed by atoms with Crippen LogP contribution in [0.4, 0.5) is 9.18 Å². The molecule has 0 bridgehead atoms. The number of piperidine rings is 1. The Morgan fingerprint density at radius 2 is 1.86 bits per heavy atom. The molecule has 0 aliphatic carbocycles. The van der Waals surface area contributed by atoms with Crippen LogP contribution in [-0.4, -0.2) is 54.1 Å². The highest BCUT2D eigenvalue weighted by Crippen LogP contribution is 2.21. The Hall–Kier alpha value is -2.37. The molecule has 2 rings (SSSR count). The Morgan fingerprint density at radius 3 is 2.43 bits per heavy atom. The molecule has 1 aliphatic heterocycles. The fourth-order valence-electron chi connectivity index (χ4n) is 3.28. The van der Waals surface area contributed by atoms with Gasteiger partial charge in [-0.1, -0.05) is 18.2 Å². The van der Waals surface area contributed by atoms with Gasteiger partial charge in [0.2, 0.25) is 5.91 Å². The van der Waals surface area contributed by atoms with Crippen LogP contribution in [0.1, 0.15) is 46.1 Å². The molecule has 1 aliphatic rings. The van der Waals surface area contributed by atoms with Gasteiger partial charge in [-0.2, -0.15) is 0 Å². The largest absolute Gasteiger partial charge is 0.444 e. The van der Waals surface area contributed by atoms with Crippen molar-refractivity contribution in [2.75, 3.05) is 26.7 Å². The van der Waals surface area contributed by atoms with Gasteiger partial charge in [-0.25, -0.2) is 9.18 Å². The van der Waals surface area contributed by atoms with Gasteiger partial charge in [0.05, 0.1) is 0 Å². The third-order valence-corrected chi connectivity index (χ3v) is 4.76. The van der Waals surface area contributed by atoms with Gasteiger partial charge in [0.15, 0.2) is 0 Å². The maximum atomic E-state index is 13.8. The molecule has 28 heavy (non-hydrogen) atoms. The lowest BCUT2D eigenvalue weighted by Gasteiger charge is -2.34. The average Bonchev–Trinajstić information content (AvgIpc) is 2.62. The molecule has 5 nitrogen and oxygen atoms in total. The van der Waals surface area contributed by atoms with Crippen molar-refractivity contribution in [2.45, 2.75) is 46.1 Å². The van der Waals surface area contributed by atoms with Gasteiger partial charge in [0, 0.05) is 37.8 Å². The van der Waals surface area contributed by atoms with Crippen molar-refractivity contribution < 1.29 is 18.7 Å². The Kier molecular flexibility index (Phi) is 7.22. The van der Waals surface area contributed by atoms with Gasteiger partial charge in [0.25, 0.3) is 0 Å². The summed E-state index contributed by atoms with van der Waals surface area (Å²) in [6.45, 7) is 9.15. The summed E-state index contributed by atoms with van der Waals surface area (Å²) in [6.07, 6.45) is 2.96. The van der Waals surface area contributed by atoms with E-state index >= 15 is 0 Å². The number of hydrogen-bond acceptors (Lipinski definition) is 3. The number of rotatable bonds is 4. The van der Waals surface area contributed by atoms with Crippen molar-refractivity contribution in [3.63, 3.8) is 0 Å². The van der Waals surface area contributed by atoms with Gasteiger partial charge >= 0.3 is 6.09 Å². The molecule has 0 N–H and O–H groups in total. The molecule has 1 saturated heterocycles. The van der Waals surface area contributed by atoms with E-state index in [1.54, 1.807) is 48.0 Å². The molecular weight excluding hydrogens is 359 g/mol. The maximum Gasteiger partial charge on any atom is 0.410 e. The van der Waals surface area contributed by atoms with Crippen molar-refractivity contribution in [3.8, 4) is 0 Å². The SMILES string of the molecule is C/C(=C\c1ccccc1F)C(=O)N(C)CC1CCN(C(=O)OC(C)(C)C)CC1. The van der Waals surface area contributed by atoms with Crippen LogP contribution in [0.2, 0.25) is 0 Å². The van der Waals surface area contributed by atoms with E-state index < -0.39 is 5.60 Å². The predicted octanol–water partition coefficient (Wildman–Crippen LogP) is 4.33. The van der Waals surface area contributed by atoms with E-state index in [9.17, 15) is 14.0 Å². The van der Waals surface area contributed by atoms with Crippen LogP contribution in [0.5, 0.6) is 0 Å². The Balaban J connectivity index is 1.86. The second kappa shape index (κ2) is 9.22. The van der Waals surface area contributed by atoms with Crippen molar-refractivity contribution in [3.05, 3.63) is 41.2 Å². The minimum absolute atomic E-state index is 0.113. The number of likely N-dealkylation sites (tertiary alicyclic amines) is 1. The summed E-state index contributed by atoms with van der Waals surface area (Å²) in [4.78, 5) is 28.2. The van der Waals surface area contributed by atoms with Crippen molar-refractivity contribution in [1.82, 2.24) is 9.80 Å². The van der Waals surface area contributed by atoms with E-state index in [1.807, 2.05) is 20.8 Å². The molecule has 1 fully saturated rings. The van der Waals surface area contributed by atoms with Gasteiger partial charge < -0.3 is 14.5 Å². The molecular formula is C22H31FN2O3. The molecule has 0 saturated carbocycles. The van der Waals surface area contributed by atoms with Crippen LogP contribution in [0.3, 0.4) is 0 Å². The molecule has 0 atom stereocenters. The number of carbonyl (C=O) groups is 2. The van der Waals surface area contributed by atoms with E-state index in [4.69, 9.17) is 4.74 Å². The van der Waals surface area contributed by atoms with Gasteiger partial charge in [-0.3, -0.25) is 4.79 Å². The first-order chi connectivity index (χ1) is 13.1. The molecule has 6 heteroatoms. The lowest BCUT2D eigenvalue weighted by Crippen LogP contribution is -2.44. The number of hydrogen-bond donors (Lipinski definition) is 0. The fraction of sp³-hybridized carbons (Fsp3) is 0.545. The normalized spacial score (nSPS) is 16.1. The highest BCUT2D eigenvalue weighted by molar-refractivity contribution is 5.97. The number of halogens is 1. The Morgan fingerprint density at radius 1 is 1.25 bits per heavy atom. The van der Waals surface area contributed by atoms with Crippen molar-refractivity contribution in [1.29, 1.82) is 0 Å². The first kappa shape index (κ1) is 21.9. The molecule has 2 amide bonds. The van der Waals surface area contributed by atoms with Crippen LogP contribution >= 0.6 is 0 Å². The van der Waals surface area contributed by atoms with Crippen LogP contribution in [0, 0.1) is 11.7 Å². The summed E-state index contributed by atoms with van der Waals surface area (Å²) < 4.78 is 19.2. The summed E-state index contributed by atoms with van der Waals surface area (Å²) >= 11 is 0. The summed E-state index contributed by atoms with van der Waals surface area (Å²) in [5.41, 5.74) is 0.411. The summed E-state index contributed by atoms with van der Waals surface area (Å²) in [5, 5.41) is 0. The Bertz CT molecular complexity index is 732. The molecule has 1 heterocycles. The highest BCUT2D eigenvalue weighted by atomic mass is 19.1. The van der Waals surface area contributed by atoms with E-state index in [2.05, 4.69) is 0 Å². The van der Waals surface area contributed by atoms with E-state index in [0.29, 0.717) is 36.7 Å². The smallest absolute Gasteiger partial charge is 0.410 e. The molecule has 0 aromatic heterocycles. The standard InChI is InChI=1S/C22H31FN2O3/c1-16(14-18-8-6-7-9-19(18)23)20(26)24(5)15-17-10-12-25(13-11-17)21(27)28-22(2,3)4/h6-9,14,17H,10-13,15H2,1-5H3/b16-14+. The van der Waals surface area contributed by atoms with Crippen LogP contribution < -0.4 is 0 Å². The maximum absolute atomic E-state index is 13.8. The first-order valence-electron chi connectivity index (χ1n) is 9.73. The minimum atomic E-state index is -0.497. The topological polar surface area (TPSA) is 49.9 Å². The fourth-order valence-corrected chi connectivity index (χ4v) is 3.28. The quantitative estimate of drug-likeness (QED) is 0.719. The molecule has 154 valence electrons. The van der Waals surface area contributed by atoms with Gasteiger partial charge in [-0.05, 0) is 58.6 Å². The monoisotopic (exact) mass is 390 g/mol. The van der Waals surface area contributed by atoms with Crippen molar-refractivity contribution >= 4 is 18.1 Å².